The van der Waals surface area contributed by atoms with Crippen LogP contribution < -0.4 is 10.6 Å². The van der Waals surface area contributed by atoms with Crippen LogP contribution in [0.5, 0.6) is 0 Å². The maximum absolute atomic E-state index is 12.2. The Kier molecular flexibility index (Phi) is 4.60. The van der Waals surface area contributed by atoms with Gasteiger partial charge in [-0.15, -0.1) is 0 Å². The normalized spacial score (nSPS) is 21.0. The van der Waals surface area contributed by atoms with Gasteiger partial charge in [-0.3, -0.25) is 9.59 Å². The minimum Gasteiger partial charge on any atom is -0.354 e. The summed E-state index contributed by atoms with van der Waals surface area (Å²) >= 11 is 0. The van der Waals surface area contributed by atoms with Crippen LogP contribution in [-0.2, 0) is 16.0 Å². The first-order chi connectivity index (χ1) is 11.1. The van der Waals surface area contributed by atoms with E-state index in [0.29, 0.717) is 19.4 Å². The van der Waals surface area contributed by atoms with Gasteiger partial charge in [0.2, 0.25) is 11.8 Å². The highest BCUT2D eigenvalue weighted by atomic mass is 16.2. The van der Waals surface area contributed by atoms with Crippen molar-refractivity contribution in [3.05, 3.63) is 48.0 Å². The molecule has 0 bridgehead atoms. The van der Waals surface area contributed by atoms with Crippen molar-refractivity contribution in [3.8, 4) is 0 Å². The summed E-state index contributed by atoms with van der Waals surface area (Å²) in [6.45, 7) is 2.71. The SMILES string of the molecule is CC1CCNC(=O)C1NC(=O)CCc1cccc2ccccc12. The number of fused-ring (bicyclic) bond motifs is 1. The second-order valence-electron chi connectivity index (χ2n) is 6.24. The van der Waals surface area contributed by atoms with Gasteiger partial charge in [-0.2, -0.15) is 0 Å². The Bertz CT molecular complexity index is 721. The molecule has 2 aromatic carbocycles. The molecule has 1 saturated heterocycles. The molecule has 1 aliphatic rings. The van der Waals surface area contributed by atoms with Gasteiger partial charge >= 0.3 is 0 Å². The van der Waals surface area contributed by atoms with Gasteiger partial charge in [0, 0.05) is 13.0 Å². The topological polar surface area (TPSA) is 58.2 Å². The smallest absolute Gasteiger partial charge is 0.242 e. The van der Waals surface area contributed by atoms with Crippen molar-refractivity contribution >= 4 is 22.6 Å². The Morgan fingerprint density at radius 1 is 1.22 bits per heavy atom. The minimum atomic E-state index is -0.399. The molecule has 1 heterocycles. The molecule has 1 aliphatic heterocycles. The van der Waals surface area contributed by atoms with Crippen LogP contribution in [0.3, 0.4) is 0 Å². The lowest BCUT2D eigenvalue weighted by Gasteiger charge is -2.29. The molecule has 2 atom stereocenters. The summed E-state index contributed by atoms with van der Waals surface area (Å²) < 4.78 is 0. The molecule has 2 amide bonds. The second-order valence-corrected chi connectivity index (χ2v) is 6.24. The zero-order valence-corrected chi connectivity index (χ0v) is 13.3. The number of hydrogen-bond acceptors (Lipinski definition) is 2. The number of carbonyl (C=O) groups is 2. The van der Waals surface area contributed by atoms with Gasteiger partial charge in [-0.05, 0) is 35.1 Å². The summed E-state index contributed by atoms with van der Waals surface area (Å²) in [5.74, 6) is 0.0550. The summed E-state index contributed by atoms with van der Waals surface area (Å²) in [5.41, 5.74) is 1.17. The third-order valence-corrected chi connectivity index (χ3v) is 4.57. The molecule has 0 aliphatic carbocycles. The van der Waals surface area contributed by atoms with Crippen LogP contribution >= 0.6 is 0 Å². The Labute approximate surface area is 136 Å². The van der Waals surface area contributed by atoms with Crippen molar-refractivity contribution in [1.29, 1.82) is 0 Å². The van der Waals surface area contributed by atoms with E-state index in [0.717, 1.165) is 6.42 Å². The highest BCUT2D eigenvalue weighted by molar-refractivity contribution is 5.89. The molecule has 0 radical (unpaired) electrons. The van der Waals surface area contributed by atoms with Crippen LogP contribution in [0.4, 0.5) is 0 Å². The molecule has 4 heteroatoms. The van der Waals surface area contributed by atoms with Gasteiger partial charge < -0.3 is 10.6 Å². The van der Waals surface area contributed by atoms with E-state index in [2.05, 4.69) is 34.9 Å². The Hall–Kier alpha value is -2.36. The lowest BCUT2D eigenvalue weighted by molar-refractivity contribution is -0.131. The van der Waals surface area contributed by atoms with Crippen molar-refractivity contribution in [2.75, 3.05) is 6.54 Å². The van der Waals surface area contributed by atoms with Crippen molar-refractivity contribution in [3.63, 3.8) is 0 Å². The zero-order chi connectivity index (χ0) is 16.2. The fourth-order valence-electron chi connectivity index (χ4n) is 3.17. The summed E-state index contributed by atoms with van der Waals surface area (Å²) in [7, 11) is 0. The first-order valence-corrected chi connectivity index (χ1v) is 8.19. The Balaban J connectivity index is 1.63. The zero-order valence-electron chi connectivity index (χ0n) is 13.3. The molecule has 0 aromatic heterocycles. The second kappa shape index (κ2) is 6.82. The van der Waals surface area contributed by atoms with E-state index in [4.69, 9.17) is 0 Å². The molecule has 120 valence electrons. The quantitative estimate of drug-likeness (QED) is 0.911. The minimum absolute atomic E-state index is 0.0631. The van der Waals surface area contributed by atoms with Crippen LogP contribution in [0, 0.1) is 5.92 Å². The van der Waals surface area contributed by atoms with Crippen LogP contribution in [-0.4, -0.2) is 24.4 Å². The van der Waals surface area contributed by atoms with Gasteiger partial charge in [0.15, 0.2) is 0 Å². The maximum atomic E-state index is 12.2. The van der Waals surface area contributed by atoms with Crippen LogP contribution in [0.25, 0.3) is 10.8 Å². The van der Waals surface area contributed by atoms with E-state index in [1.807, 2.05) is 25.1 Å². The monoisotopic (exact) mass is 310 g/mol. The van der Waals surface area contributed by atoms with Crippen LogP contribution in [0.15, 0.2) is 42.5 Å². The van der Waals surface area contributed by atoms with Gasteiger partial charge in [0.25, 0.3) is 0 Å². The van der Waals surface area contributed by atoms with E-state index in [1.54, 1.807) is 0 Å². The van der Waals surface area contributed by atoms with Gasteiger partial charge in [-0.25, -0.2) is 0 Å². The molecule has 2 aromatic rings. The van der Waals surface area contributed by atoms with E-state index >= 15 is 0 Å². The van der Waals surface area contributed by atoms with Gasteiger partial charge in [0.05, 0.1) is 0 Å². The number of piperidine rings is 1. The predicted octanol–water partition coefficient (Wildman–Crippen LogP) is 2.41. The van der Waals surface area contributed by atoms with Crippen LogP contribution in [0.2, 0.25) is 0 Å². The lowest BCUT2D eigenvalue weighted by atomic mass is 9.93. The molecule has 3 rings (SSSR count). The molecule has 2 unspecified atom stereocenters. The standard InChI is InChI=1S/C19H22N2O2/c1-13-11-12-20-19(23)18(13)21-17(22)10-9-15-7-4-6-14-5-2-3-8-16(14)15/h2-8,13,18H,9-12H2,1H3,(H,20,23)(H,21,22). The highest BCUT2D eigenvalue weighted by Crippen LogP contribution is 2.20. The van der Waals surface area contributed by atoms with Crippen molar-refractivity contribution in [2.24, 2.45) is 5.92 Å². The van der Waals surface area contributed by atoms with Gasteiger partial charge in [-0.1, -0.05) is 49.4 Å². The van der Waals surface area contributed by atoms with E-state index in [9.17, 15) is 9.59 Å². The molecule has 1 fully saturated rings. The number of rotatable bonds is 4. The van der Waals surface area contributed by atoms with Crippen molar-refractivity contribution in [1.82, 2.24) is 10.6 Å². The number of nitrogens with one attached hydrogen (secondary N) is 2. The largest absolute Gasteiger partial charge is 0.354 e. The number of amides is 2. The summed E-state index contributed by atoms with van der Waals surface area (Å²) in [4.78, 5) is 24.1. The first-order valence-electron chi connectivity index (χ1n) is 8.19. The molecular formula is C19H22N2O2. The fraction of sp³-hybridized carbons (Fsp3) is 0.368. The third-order valence-electron chi connectivity index (χ3n) is 4.57. The summed E-state index contributed by atoms with van der Waals surface area (Å²) in [6.07, 6.45) is 1.97. The van der Waals surface area contributed by atoms with Crippen molar-refractivity contribution in [2.45, 2.75) is 32.2 Å². The van der Waals surface area contributed by atoms with Crippen LogP contribution in [0.1, 0.15) is 25.3 Å². The first kappa shape index (κ1) is 15.5. The fourth-order valence-corrected chi connectivity index (χ4v) is 3.17. The number of carbonyl (C=O) groups excluding carboxylic acids is 2. The summed E-state index contributed by atoms with van der Waals surface area (Å²) in [5, 5.41) is 8.07. The number of aryl methyl sites for hydroxylation is 1. The van der Waals surface area contributed by atoms with Crippen molar-refractivity contribution < 1.29 is 9.59 Å². The lowest BCUT2D eigenvalue weighted by Crippen LogP contribution is -2.54. The Morgan fingerprint density at radius 3 is 2.83 bits per heavy atom. The Morgan fingerprint density at radius 2 is 2.00 bits per heavy atom. The van der Waals surface area contributed by atoms with Gasteiger partial charge in [0.1, 0.15) is 6.04 Å². The predicted molar refractivity (Wildman–Crippen MR) is 91.0 cm³/mol. The highest BCUT2D eigenvalue weighted by Gasteiger charge is 2.29. The van der Waals surface area contributed by atoms with E-state index < -0.39 is 6.04 Å². The average Bonchev–Trinajstić information content (AvgIpc) is 2.56. The average molecular weight is 310 g/mol. The van der Waals surface area contributed by atoms with E-state index in [-0.39, 0.29) is 17.7 Å². The molecule has 0 saturated carbocycles. The molecule has 23 heavy (non-hydrogen) atoms. The number of benzene rings is 2. The summed E-state index contributed by atoms with van der Waals surface area (Å²) in [6, 6.07) is 13.9. The molecule has 0 spiro atoms. The molecular weight excluding hydrogens is 288 g/mol. The van der Waals surface area contributed by atoms with E-state index in [1.165, 1.54) is 16.3 Å². The maximum Gasteiger partial charge on any atom is 0.242 e. The molecule has 2 N–H and O–H groups in total. The number of hydrogen-bond donors (Lipinski definition) is 2. The molecule has 4 nitrogen and oxygen atoms in total. The third kappa shape index (κ3) is 3.52.